The van der Waals surface area contributed by atoms with Crippen LogP contribution in [0.4, 0.5) is 0 Å². The number of aryl methyl sites for hydroxylation is 1. The Morgan fingerprint density at radius 3 is 2.86 bits per heavy atom. The minimum atomic E-state index is -1.09. The SMILES string of the molecule is C[C@H](NC(=O)c1noc2c1CCc1ccccc1-2)C(=O)O. The van der Waals surface area contributed by atoms with Crippen LogP contribution in [0.3, 0.4) is 0 Å². The van der Waals surface area contributed by atoms with Gasteiger partial charge in [-0.1, -0.05) is 29.4 Å². The molecule has 0 saturated carbocycles. The molecule has 1 aliphatic carbocycles. The molecule has 3 rings (SSSR count). The first-order chi connectivity index (χ1) is 10.1. The van der Waals surface area contributed by atoms with Gasteiger partial charge in [0, 0.05) is 11.1 Å². The molecule has 2 N–H and O–H groups in total. The number of amides is 1. The zero-order valence-electron chi connectivity index (χ0n) is 11.4. The van der Waals surface area contributed by atoms with Gasteiger partial charge < -0.3 is 14.9 Å². The molecular weight excluding hydrogens is 272 g/mol. The van der Waals surface area contributed by atoms with E-state index in [4.69, 9.17) is 9.63 Å². The second-order valence-electron chi connectivity index (χ2n) is 5.03. The van der Waals surface area contributed by atoms with E-state index in [-0.39, 0.29) is 5.69 Å². The lowest BCUT2D eigenvalue weighted by atomic mass is 9.89. The van der Waals surface area contributed by atoms with E-state index in [0.29, 0.717) is 12.2 Å². The summed E-state index contributed by atoms with van der Waals surface area (Å²) in [4.78, 5) is 22.9. The van der Waals surface area contributed by atoms with Crippen LogP contribution in [0.25, 0.3) is 11.3 Å². The summed E-state index contributed by atoms with van der Waals surface area (Å²) in [5.41, 5.74) is 3.01. The molecule has 1 amide bonds. The molecular formula is C15H14N2O4. The van der Waals surface area contributed by atoms with E-state index in [0.717, 1.165) is 23.1 Å². The molecule has 0 aliphatic heterocycles. The summed E-state index contributed by atoms with van der Waals surface area (Å²) in [6, 6.07) is 6.85. The minimum absolute atomic E-state index is 0.174. The number of carbonyl (C=O) groups excluding carboxylic acids is 1. The first kappa shape index (κ1) is 13.4. The van der Waals surface area contributed by atoms with Gasteiger partial charge in [0.25, 0.3) is 5.91 Å². The average molecular weight is 286 g/mol. The Kier molecular flexibility index (Phi) is 3.21. The predicted octanol–water partition coefficient (Wildman–Crippen LogP) is 1.64. The molecule has 0 radical (unpaired) electrons. The highest BCUT2D eigenvalue weighted by molar-refractivity contribution is 5.97. The van der Waals surface area contributed by atoms with Crippen molar-refractivity contribution in [3.05, 3.63) is 41.1 Å². The van der Waals surface area contributed by atoms with Crippen LogP contribution >= 0.6 is 0 Å². The summed E-state index contributed by atoms with van der Waals surface area (Å²) in [6.07, 6.45) is 1.46. The van der Waals surface area contributed by atoms with E-state index in [1.165, 1.54) is 6.92 Å². The van der Waals surface area contributed by atoms with Crippen molar-refractivity contribution in [1.29, 1.82) is 0 Å². The first-order valence-electron chi connectivity index (χ1n) is 6.68. The number of nitrogens with one attached hydrogen (secondary N) is 1. The third kappa shape index (κ3) is 2.29. The molecule has 1 heterocycles. The molecule has 1 aliphatic rings. The first-order valence-corrected chi connectivity index (χ1v) is 6.68. The van der Waals surface area contributed by atoms with Gasteiger partial charge in [-0.05, 0) is 25.3 Å². The Morgan fingerprint density at radius 1 is 1.33 bits per heavy atom. The quantitative estimate of drug-likeness (QED) is 0.894. The Labute approximate surface area is 120 Å². The Morgan fingerprint density at radius 2 is 2.10 bits per heavy atom. The molecule has 1 aromatic heterocycles. The second kappa shape index (κ2) is 5.05. The number of aromatic nitrogens is 1. The fourth-order valence-electron chi connectivity index (χ4n) is 2.48. The number of fused-ring (bicyclic) bond motifs is 3. The number of hydrogen-bond acceptors (Lipinski definition) is 4. The van der Waals surface area contributed by atoms with Crippen LogP contribution in [-0.4, -0.2) is 28.2 Å². The zero-order chi connectivity index (χ0) is 15.0. The third-order valence-corrected chi connectivity index (χ3v) is 3.63. The van der Waals surface area contributed by atoms with Crippen molar-refractivity contribution in [3.63, 3.8) is 0 Å². The Hall–Kier alpha value is -2.63. The summed E-state index contributed by atoms with van der Waals surface area (Å²) < 4.78 is 5.32. The molecule has 2 aromatic rings. The highest BCUT2D eigenvalue weighted by atomic mass is 16.5. The molecule has 0 spiro atoms. The maximum atomic E-state index is 12.1. The molecule has 1 aromatic carbocycles. The standard InChI is InChI=1S/C15H14N2O4/c1-8(15(19)20)16-14(18)12-11-7-6-9-4-2-3-5-10(9)13(11)21-17-12/h2-5,8H,6-7H2,1H3,(H,16,18)(H,19,20)/t8-/m0/s1. The molecule has 6 nitrogen and oxygen atoms in total. The number of aliphatic carboxylic acids is 1. The number of carboxylic acid groups (broad SMARTS) is 1. The smallest absolute Gasteiger partial charge is 0.325 e. The molecule has 21 heavy (non-hydrogen) atoms. The minimum Gasteiger partial charge on any atom is -0.480 e. The Bertz CT molecular complexity index is 720. The third-order valence-electron chi connectivity index (χ3n) is 3.63. The molecule has 0 bridgehead atoms. The maximum absolute atomic E-state index is 12.1. The van der Waals surface area contributed by atoms with Crippen LogP contribution in [0.5, 0.6) is 0 Å². The number of nitrogens with zero attached hydrogens (tertiary/aromatic N) is 1. The van der Waals surface area contributed by atoms with Crippen molar-refractivity contribution in [1.82, 2.24) is 10.5 Å². The summed E-state index contributed by atoms with van der Waals surface area (Å²) in [7, 11) is 0. The predicted molar refractivity (Wildman–Crippen MR) is 73.9 cm³/mol. The monoisotopic (exact) mass is 286 g/mol. The normalized spacial score (nSPS) is 14.0. The fraction of sp³-hybridized carbons (Fsp3) is 0.267. The zero-order valence-corrected chi connectivity index (χ0v) is 11.4. The van der Waals surface area contributed by atoms with Gasteiger partial charge in [0.15, 0.2) is 11.5 Å². The van der Waals surface area contributed by atoms with Gasteiger partial charge in [-0.25, -0.2) is 0 Å². The van der Waals surface area contributed by atoms with E-state index >= 15 is 0 Å². The summed E-state index contributed by atoms with van der Waals surface area (Å²) in [6.45, 7) is 1.40. The highest BCUT2D eigenvalue weighted by Crippen LogP contribution is 2.34. The lowest BCUT2D eigenvalue weighted by molar-refractivity contribution is -0.138. The molecule has 0 fully saturated rings. The van der Waals surface area contributed by atoms with Gasteiger partial charge >= 0.3 is 5.97 Å². The summed E-state index contributed by atoms with van der Waals surface area (Å²) in [5, 5.41) is 15.1. The van der Waals surface area contributed by atoms with Gasteiger partial charge in [0.05, 0.1) is 0 Å². The average Bonchev–Trinajstić information content (AvgIpc) is 2.91. The van der Waals surface area contributed by atoms with Crippen molar-refractivity contribution in [3.8, 4) is 11.3 Å². The number of carboxylic acids is 1. The van der Waals surface area contributed by atoms with Crippen LogP contribution < -0.4 is 5.32 Å². The molecule has 0 saturated heterocycles. The van der Waals surface area contributed by atoms with Gasteiger partial charge in [-0.3, -0.25) is 9.59 Å². The summed E-state index contributed by atoms with van der Waals surface area (Å²) in [5.74, 6) is -1.01. The number of hydrogen-bond donors (Lipinski definition) is 2. The van der Waals surface area contributed by atoms with Crippen LogP contribution in [0.1, 0.15) is 28.5 Å². The number of rotatable bonds is 3. The van der Waals surface area contributed by atoms with Gasteiger partial charge in [0.1, 0.15) is 6.04 Å². The topological polar surface area (TPSA) is 92.4 Å². The second-order valence-corrected chi connectivity index (χ2v) is 5.03. The van der Waals surface area contributed by atoms with E-state index in [1.54, 1.807) is 0 Å². The molecule has 6 heteroatoms. The van der Waals surface area contributed by atoms with Crippen molar-refractivity contribution in [2.24, 2.45) is 0 Å². The van der Waals surface area contributed by atoms with Gasteiger partial charge in [-0.2, -0.15) is 0 Å². The van der Waals surface area contributed by atoms with Gasteiger partial charge in [0.2, 0.25) is 0 Å². The molecule has 0 unspecified atom stereocenters. The van der Waals surface area contributed by atoms with E-state index in [1.807, 2.05) is 24.3 Å². The fourth-order valence-corrected chi connectivity index (χ4v) is 2.48. The lowest BCUT2D eigenvalue weighted by Crippen LogP contribution is -2.38. The highest BCUT2D eigenvalue weighted by Gasteiger charge is 2.28. The number of benzene rings is 1. The summed E-state index contributed by atoms with van der Waals surface area (Å²) >= 11 is 0. The van der Waals surface area contributed by atoms with Crippen molar-refractivity contribution in [2.45, 2.75) is 25.8 Å². The van der Waals surface area contributed by atoms with Crippen LogP contribution in [0.2, 0.25) is 0 Å². The van der Waals surface area contributed by atoms with E-state index in [2.05, 4.69) is 10.5 Å². The molecule has 1 atom stereocenters. The van der Waals surface area contributed by atoms with E-state index < -0.39 is 17.9 Å². The van der Waals surface area contributed by atoms with Crippen LogP contribution in [-0.2, 0) is 17.6 Å². The van der Waals surface area contributed by atoms with Gasteiger partial charge in [-0.15, -0.1) is 0 Å². The van der Waals surface area contributed by atoms with Crippen molar-refractivity contribution < 1.29 is 19.2 Å². The molecule has 108 valence electrons. The number of carbonyl (C=O) groups is 2. The van der Waals surface area contributed by atoms with E-state index in [9.17, 15) is 9.59 Å². The van der Waals surface area contributed by atoms with Crippen LogP contribution in [0.15, 0.2) is 28.8 Å². The van der Waals surface area contributed by atoms with Crippen LogP contribution in [0, 0.1) is 0 Å². The largest absolute Gasteiger partial charge is 0.480 e. The van der Waals surface area contributed by atoms with Crippen molar-refractivity contribution >= 4 is 11.9 Å². The lowest BCUT2D eigenvalue weighted by Gasteiger charge is -2.14. The Balaban J connectivity index is 1.93. The maximum Gasteiger partial charge on any atom is 0.325 e. The van der Waals surface area contributed by atoms with Crippen molar-refractivity contribution in [2.75, 3.05) is 0 Å².